The first kappa shape index (κ1) is 36.8. The Labute approximate surface area is 310 Å². The lowest BCUT2D eigenvalue weighted by Gasteiger charge is -2.70. The van der Waals surface area contributed by atoms with E-state index < -0.39 is 5.41 Å². The van der Waals surface area contributed by atoms with Crippen LogP contribution in [0.5, 0.6) is 11.5 Å². The van der Waals surface area contributed by atoms with Gasteiger partial charge in [0.2, 0.25) is 0 Å². The zero-order chi connectivity index (χ0) is 37.5. The molecule has 0 spiro atoms. The van der Waals surface area contributed by atoms with Crippen molar-refractivity contribution in [3.05, 3.63) is 77.4 Å². The van der Waals surface area contributed by atoms with Gasteiger partial charge in [0.1, 0.15) is 11.5 Å². The van der Waals surface area contributed by atoms with E-state index in [1.807, 2.05) is 37.3 Å². The molecule has 278 valence electrons. The highest BCUT2D eigenvalue weighted by atomic mass is 16.5. The zero-order valence-electron chi connectivity index (χ0n) is 32.5. The number of carbonyl (C=O) groups excluding carboxylic acids is 3. The number of hydrogen-bond acceptors (Lipinski definition) is 6. The lowest BCUT2D eigenvalue weighted by molar-refractivity contribution is -0.202. The maximum absolute atomic E-state index is 14.7. The van der Waals surface area contributed by atoms with Crippen LogP contribution in [0.25, 0.3) is 6.08 Å². The van der Waals surface area contributed by atoms with Gasteiger partial charge >= 0.3 is 5.97 Å². The Morgan fingerprint density at radius 2 is 1.58 bits per heavy atom. The van der Waals surface area contributed by atoms with Crippen LogP contribution in [-0.4, -0.2) is 35.9 Å². The fraction of sp³-hybridized carbons (Fsp3) is 0.587. The van der Waals surface area contributed by atoms with Crippen molar-refractivity contribution >= 4 is 23.6 Å². The van der Waals surface area contributed by atoms with E-state index in [9.17, 15) is 19.5 Å². The van der Waals surface area contributed by atoms with Gasteiger partial charge in [0.25, 0.3) is 0 Å². The largest absolute Gasteiger partial charge is 0.497 e. The second-order valence-corrected chi connectivity index (χ2v) is 19.0. The number of allylic oxidation sites excluding steroid dienone is 3. The summed E-state index contributed by atoms with van der Waals surface area (Å²) < 4.78 is 11.8. The minimum absolute atomic E-state index is 0.00564. The molecule has 52 heavy (non-hydrogen) atoms. The first-order valence-corrected chi connectivity index (χ1v) is 19.5. The van der Waals surface area contributed by atoms with E-state index in [0.29, 0.717) is 41.4 Å². The van der Waals surface area contributed by atoms with Crippen LogP contribution in [0.3, 0.4) is 0 Å². The molecule has 0 radical (unpaired) electrons. The molecule has 0 aromatic heterocycles. The molecule has 4 saturated carbocycles. The second-order valence-electron chi connectivity index (χ2n) is 19.0. The molecule has 5 aliphatic carbocycles. The number of fused-ring (bicyclic) bond motifs is 7. The van der Waals surface area contributed by atoms with E-state index in [-0.39, 0.29) is 62.6 Å². The van der Waals surface area contributed by atoms with Crippen LogP contribution in [-0.2, 0) is 9.59 Å². The molecule has 0 unspecified atom stereocenters. The van der Waals surface area contributed by atoms with E-state index in [1.54, 1.807) is 37.5 Å². The summed E-state index contributed by atoms with van der Waals surface area (Å²) in [6.07, 6.45) is 12.8. The van der Waals surface area contributed by atoms with Gasteiger partial charge in [-0.25, -0.2) is 0 Å². The van der Waals surface area contributed by atoms with E-state index in [1.165, 1.54) is 11.6 Å². The third-order valence-electron chi connectivity index (χ3n) is 15.9. The van der Waals surface area contributed by atoms with Crippen LogP contribution in [0.15, 0.2) is 66.3 Å². The lowest BCUT2D eigenvalue weighted by Crippen LogP contribution is -2.66. The van der Waals surface area contributed by atoms with Gasteiger partial charge in [-0.3, -0.25) is 14.4 Å². The number of benzene rings is 2. The van der Waals surface area contributed by atoms with Crippen molar-refractivity contribution in [2.75, 3.05) is 7.11 Å². The van der Waals surface area contributed by atoms with E-state index in [2.05, 4.69) is 41.5 Å². The van der Waals surface area contributed by atoms with Crippen molar-refractivity contribution in [2.24, 2.45) is 50.2 Å². The lowest BCUT2D eigenvalue weighted by atomic mass is 9.33. The number of aliphatic hydroxyl groups excluding tert-OH is 1. The van der Waals surface area contributed by atoms with E-state index in [4.69, 9.17) is 9.47 Å². The Morgan fingerprint density at radius 3 is 2.29 bits per heavy atom. The quantitative estimate of drug-likeness (QED) is 0.139. The summed E-state index contributed by atoms with van der Waals surface area (Å²) in [7, 11) is 1.58. The molecule has 9 atom stereocenters. The van der Waals surface area contributed by atoms with Gasteiger partial charge in [0.15, 0.2) is 11.6 Å². The standard InChI is InChI=1S/C46H58O6/c1-41(2)37-18-21-46(7)39(44(37,5)20-19-38(41)49)35(48)27-32-33-28-43(4,23-22-42(33,3)24-25-45(32,46)6)40(50)52-36-26-31(51-8)16-14-30(36)15-17-34(47)29-12-10-9-11-13-29/h9-17,26-27,33,37-39,49H,18-25,28H2,1-8H3/b17-15+/t33-,37-,38-,39+,42+,43-,44-,45+,46+/m0/s1. The summed E-state index contributed by atoms with van der Waals surface area (Å²) in [5.74, 6) is 1.04. The highest BCUT2D eigenvalue weighted by molar-refractivity contribution is 6.07. The van der Waals surface area contributed by atoms with Crippen LogP contribution < -0.4 is 9.47 Å². The smallest absolute Gasteiger partial charge is 0.317 e. The van der Waals surface area contributed by atoms with Gasteiger partial charge in [-0.05, 0) is 134 Å². The Kier molecular flexibility index (Phi) is 8.88. The molecule has 0 bridgehead atoms. The second kappa shape index (κ2) is 12.5. The van der Waals surface area contributed by atoms with E-state index >= 15 is 0 Å². The number of esters is 1. The number of methoxy groups -OCH3 is 1. The van der Waals surface area contributed by atoms with Gasteiger partial charge in [0, 0.05) is 23.1 Å². The molecular formula is C46H58O6. The van der Waals surface area contributed by atoms with Gasteiger partial charge in [-0.2, -0.15) is 0 Å². The Morgan fingerprint density at radius 1 is 0.865 bits per heavy atom. The van der Waals surface area contributed by atoms with Crippen LogP contribution in [0.4, 0.5) is 0 Å². The van der Waals surface area contributed by atoms with Gasteiger partial charge in [-0.15, -0.1) is 0 Å². The number of ether oxygens (including phenoxy) is 2. The normalized spacial score (nSPS) is 39.3. The maximum Gasteiger partial charge on any atom is 0.317 e. The molecule has 0 amide bonds. The fourth-order valence-electron chi connectivity index (χ4n) is 12.3. The molecule has 2 aromatic rings. The van der Waals surface area contributed by atoms with Crippen molar-refractivity contribution < 1.29 is 29.0 Å². The monoisotopic (exact) mass is 706 g/mol. The molecule has 1 N–H and O–H groups in total. The minimum atomic E-state index is -0.763. The molecule has 7 rings (SSSR count). The SMILES string of the molecule is COc1ccc(/C=C/C(=O)c2ccccc2)c(OC(=O)[C@@]2(C)CC[C@]3(C)CC[C@]4(C)C(=CC(=O)[C@@H]5[C@@]6(C)CC[C@H](O)C(C)(C)[C@@H]6CC[C@]54C)[C@@H]3C2)c1. The third-order valence-corrected chi connectivity index (χ3v) is 15.9. The van der Waals surface area contributed by atoms with Crippen LogP contribution >= 0.6 is 0 Å². The predicted molar refractivity (Wildman–Crippen MR) is 204 cm³/mol. The molecule has 0 aliphatic heterocycles. The van der Waals surface area contributed by atoms with Gasteiger partial charge in [0.05, 0.1) is 18.6 Å². The molecule has 2 aromatic carbocycles. The Bertz CT molecular complexity index is 1840. The molecule has 0 heterocycles. The van der Waals surface area contributed by atoms with Crippen molar-refractivity contribution in [3.63, 3.8) is 0 Å². The number of carbonyl (C=O) groups is 3. The van der Waals surface area contributed by atoms with Crippen LogP contribution in [0, 0.1) is 50.2 Å². The number of hydrogen-bond donors (Lipinski definition) is 1. The average molecular weight is 707 g/mol. The summed E-state index contributed by atoms with van der Waals surface area (Å²) in [6.45, 7) is 16.0. The van der Waals surface area contributed by atoms with Crippen molar-refractivity contribution in [1.82, 2.24) is 0 Å². The third kappa shape index (κ3) is 5.48. The van der Waals surface area contributed by atoms with Gasteiger partial charge < -0.3 is 14.6 Å². The first-order chi connectivity index (χ1) is 24.4. The van der Waals surface area contributed by atoms with Gasteiger partial charge in [-0.1, -0.05) is 77.4 Å². The van der Waals surface area contributed by atoms with Crippen molar-refractivity contribution in [2.45, 2.75) is 112 Å². The van der Waals surface area contributed by atoms with Crippen LogP contribution in [0.1, 0.15) is 122 Å². The van der Waals surface area contributed by atoms with Crippen LogP contribution in [0.2, 0.25) is 0 Å². The predicted octanol–water partition coefficient (Wildman–Crippen LogP) is 9.84. The zero-order valence-corrected chi connectivity index (χ0v) is 32.5. The molecule has 4 fully saturated rings. The number of aliphatic hydroxyl groups is 1. The van der Waals surface area contributed by atoms with Crippen molar-refractivity contribution in [3.8, 4) is 11.5 Å². The summed E-state index contributed by atoms with van der Waals surface area (Å²) >= 11 is 0. The fourth-order valence-corrected chi connectivity index (χ4v) is 12.3. The molecule has 6 heteroatoms. The molecule has 5 aliphatic rings. The average Bonchev–Trinajstić information content (AvgIpc) is 3.11. The first-order valence-electron chi connectivity index (χ1n) is 19.5. The molecule has 0 saturated heterocycles. The topological polar surface area (TPSA) is 89.9 Å². The summed E-state index contributed by atoms with van der Waals surface area (Å²) in [4.78, 5) is 42.0. The van der Waals surface area contributed by atoms with Crippen molar-refractivity contribution in [1.29, 1.82) is 0 Å². The molecular weight excluding hydrogens is 649 g/mol. The summed E-state index contributed by atoms with van der Waals surface area (Å²) in [6, 6.07) is 14.4. The summed E-state index contributed by atoms with van der Waals surface area (Å²) in [5.41, 5.74) is 0.927. The minimum Gasteiger partial charge on any atom is -0.497 e. The number of rotatable bonds is 6. The number of ketones is 2. The highest BCUT2D eigenvalue weighted by Crippen LogP contribution is 2.75. The highest BCUT2D eigenvalue weighted by Gasteiger charge is 2.70. The Hall–Kier alpha value is -3.51. The van der Waals surface area contributed by atoms with E-state index in [0.717, 1.165) is 44.9 Å². The maximum atomic E-state index is 14.7. The summed E-state index contributed by atoms with van der Waals surface area (Å²) in [5, 5.41) is 11.1. The Balaban J connectivity index is 1.19. The molecule has 6 nitrogen and oxygen atoms in total.